The molecule has 3 heteroatoms. The molecule has 0 aliphatic carbocycles. The first-order chi connectivity index (χ1) is 12.2. The molecule has 0 saturated carbocycles. The Morgan fingerprint density at radius 3 is 1.40 bits per heavy atom. The number of hydrogen-bond acceptors (Lipinski definition) is 2. The van der Waals surface area contributed by atoms with E-state index in [9.17, 15) is 9.59 Å². The smallest absolute Gasteiger partial charge is 0.189 e. The van der Waals surface area contributed by atoms with Crippen molar-refractivity contribution in [2.45, 2.75) is 0 Å². The lowest BCUT2D eigenvalue weighted by molar-refractivity contribution is 0.105. The highest BCUT2D eigenvalue weighted by molar-refractivity contribution is 7.75. The van der Waals surface area contributed by atoms with Gasteiger partial charge in [0.15, 0.2) is 11.0 Å². The van der Waals surface area contributed by atoms with Crippen LogP contribution in [0, 0.1) is 0 Å². The minimum absolute atomic E-state index is 0.116. The molecule has 0 atom stereocenters. The van der Waals surface area contributed by atoms with E-state index < -0.39 is 8.58 Å². The first kappa shape index (κ1) is 15.7. The first-order valence-corrected chi connectivity index (χ1v) is 9.05. The van der Waals surface area contributed by atoms with Gasteiger partial charge in [-0.25, -0.2) is 0 Å². The van der Waals surface area contributed by atoms with Crippen molar-refractivity contribution in [2.24, 2.45) is 0 Å². The number of carbonyl (C=O) groups excluding carboxylic acids is 2. The third-order valence-corrected chi connectivity index (χ3v) is 5.29. The van der Waals surface area contributed by atoms with Crippen molar-refractivity contribution in [3.05, 3.63) is 96.1 Å². The van der Waals surface area contributed by atoms with Gasteiger partial charge in [-0.2, -0.15) is 0 Å². The highest BCUT2D eigenvalue weighted by atomic mass is 31.1. The van der Waals surface area contributed by atoms with Crippen molar-refractivity contribution in [1.29, 1.82) is 0 Å². The van der Waals surface area contributed by atoms with Crippen LogP contribution in [0.3, 0.4) is 0 Å². The lowest BCUT2D eigenvalue weighted by atomic mass is 10.1. The Balaban J connectivity index is 1.69. The molecule has 120 valence electrons. The second-order valence-electron chi connectivity index (χ2n) is 5.84. The van der Waals surface area contributed by atoms with Crippen LogP contribution >= 0.6 is 8.58 Å². The van der Waals surface area contributed by atoms with E-state index >= 15 is 0 Å². The molecule has 0 heterocycles. The summed E-state index contributed by atoms with van der Waals surface area (Å²) in [7, 11) is -0.417. The van der Waals surface area contributed by atoms with E-state index in [1.165, 1.54) is 0 Å². The topological polar surface area (TPSA) is 34.1 Å². The lowest BCUT2D eigenvalue weighted by Gasteiger charge is -2.07. The molecule has 0 amide bonds. The van der Waals surface area contributed by atoms with Gasteiger partial charge in [0.1, 0.15) is 0 Å². The van der Waals surface area contributed by atoms with Gasteiger partial charge in [0, 0.05) is 19.7 Å². The van der Waals surface area contributed by atoms with E-state index in [1.807, 2.05) is 72.8 Å². The molecule has 0 saturated heterocycles. The number of carbonyl (C=O) groups is 2. The summed E-state index contributed by atoms with van der Waals surface area (Å²) < 4.78 is 0. The summed E-state index contributed by atoms with van der Waals surface area (Å²) in [6.45, 7) is 0. The molecule has 4 rings (SSSR count). The first-order valence-electron chi connectivity index (χ1n) is 8.05. The Labute approximate surface area is 147 Å². The Bertz CT molecular complexity index is 1020. The molecular formula is C22H15O2P. The predicted octanol–water partition coefficient (Wildman–Crippen LogP) is 5.65. The largest absolute Gasteiger partial charge is 0.289 e. The van der Waals surface area contributed by atoms with Gasteiger partial charge in [-0.05, 0) is 21.5 Å². The van der Waals surface area contributed by atoms with Gasteiger partial charge in [-0.15, -0.1) is 0 Å². The monoisotopic (exact) mass is 342 g/mol. The van der Waals surface area contributed by atoms with Gasteiger partial charge in [-0.1, -0.05) is 84.9 Å². The van der Waals surface area contributed by atoms with Gasteiger partial charge >= 0.3 is 0 Å². The molecule has 0 bridgehead atoms. The molecule has 0 fully saturated rings. The second kappa shape index (κ2) is 6.58. The van der Waals surface area contributed by atoms with Crippen molar-refractivity contribution in [1.82, 2.24) is 0 Å². The molecule has 0 spiro atoms. The highest BCUT2D eigenvalue weighted by Crippen LogP contribution is 2.31. The fourth-order valence-corrected chi connectivity index (χ4v) is 4.00. The molecule has 4 aromatic rings. The molecule has 0 aliphatic heterocycles. The molecule has 4 aromatic carbocycles. The summed E-state index contributed by atoms with van der Waals surface area (Å²) >= 11 is 0. The standard InChI is InChI=1S/C22H15O2P/c23-21(19-13-5-9-15-7-1-3-11-17(15)19)25-22(24)20-14-6-10-16-8-2-4-12-18(16)20/h1-14,25H. The average Bonchev–Trinajstić information content (AvgIpc) is 2.67. The van der Waals surface area contributed by atoms with Gasteiger partial charge < -0.3 is 0 Å². The Morgan fingerprint density at radius 2 is 0.920 bits per heavy atom. The van der Waals surface area contributed by atoms with E-state index in [2.05, 4.69) is 0 Å². The minimum Gasteiger partial charge on any atom is -0.289 e. The Kier molecular flexibility index (Phi) is 4.13. The summed E-state index contributed by atoms with van der Waals surface area (Å²) in [5.74, 6) is 0. The molecule has 0 N–H and O–H groups in total. The van der Waals surface area contributed by atoms with E-state index in [4.69, 9.17) is 0 Å². The van der Waals surface area contributed by atoms with Crippen LogP contribution in [0.1, 0.15) is 20.7 Å². The third kappa shape index (κ3) is 2.97. The molecule has 2 nitrogen and oxygen atoms in total. The van der Waals surface area contributed by atoms with Crippen molar-refractivity contribution in [3.8, 4) is 0 Å². The number of rotatable bonds is 4. The number of benzene rings is 4. The van der Waals surface area contributed by atoms with Crippen LogP contribution in [0.25, 0.3) is 21.5 Å². The zero-order valence-electron chi connectivity index (χ0n) is 13.4. The maximum atomic E-state index is 12.8. The van der Waals surface area contributed by atoms with Crippen molar-refractivity contribution in [3.63, 3.8) is 0 Å². The maximum Gasteiger partial charge on any atom is 0.189 e. The van der Waals surface area contributed by atoms with E-state index in [0.717, 1.165) is 21.5 Å². The molecule has 0 aliphatic rings. The van der Waals surface area contributed by atoms with Crippen molar-refractivity contribution < 1.29 is 9.59 Å². The lowest BCUT2D eigenvalue weighted by Crippen LogP contribution is -2.00. The van der Waals surface area contributed by atoms with Crippen LogP contribution in [-0.2, 0) is 0 Å². The van der Waals surface area contributed by atoms with Gasteiger partial charge in [0.25, 0.3) is 0 Å². The van der Waals surface area contributed by atoms with Crippen LogP contribution in [-0.4, -0.2) is 11.0 Å². The van der Waals surface area contributed by atoms with Crippen LogP contribution in [0.4, 0.5) is 0 Å². The predicted molar refractivity (Wildman–Crippen MR) is 105 cm³/mol. The molecular weight excluding hydrogens is 327 g/mol. The minimum atomic E-state index is -0.417. The normalized spacial score (nSPS) is 10.9. The van der Waals surface area contributed by atoms with Crippen molar-refractivity contribution in [2.75, 3.05) is 0 Å². The SMILES string of the molecule is O=C(PC(=O)c1cccc2ccccc12)c1cccc2ccccc12. The Hall–Kier alpha value is -2.83. The van der Waals surface area contributed by atoms with Crippen LogP contribution < -0.4 is 0 Å². The number of hydrogen-bond donors (Lipinski definition) is 0. The molecule has 25 heavy (non-hydrogen) atoms. The van der Waals surface area contributed by atoms with Crippen LogP contribution in [0.2, 0.25) is 0 Å². The fourth-order valence-electron chi connectivity index (χ4n) is 3.08. The maximum absolute atomic E-state index is 12.8. The van der Waals surface area contributed by atoms with Crippen LogP contribution in [0.5, 0.6) is 0 Å². The molecule has 0 unspecified atom stereocenters. The quantitative estimate of drug-likeness (QED) is 0.449. The van der Waals surface area contributed by atoms with E-state index in [1.54, 1.807) is 12.1 Å². The third-order valence-electron chi connectivity index (χ3n) is 4.30. The summed E-state index contributed by atoms with van der Waals surface area (Å²) in [5, 5.41) is 3.81. The summed E-state index contributed by atoms with van der Waals surface area (Å²) in [5.41, 5.74) is 1.000. The summed E-state index contributed by atoms with van der Waals surface area (Å²) in [6.07, 6.45) is 0. The van der Waals surface area contributed by atoms with Gasteiger partial charge in [0.05, 0.1) is 0 Å². The van der Waals surface area contributed by atoms with Gasteiger partial charge in [0.2, 0.25) is 0 Å². The average molecular weight is 342 g/mol. The van der Waals surface area contributed by atoms with E-state index in [-0.39, 0.29) is 11.0 Å². The molecule has 0 radical (unpaired) electrons. The summed E-state index contributed by atoms with van der Waals surface area (Å²) in [4.78, 5) is 25.5. The Morgan fingerprint density at radius 1 is 0.520 bits per heavy atom. The highest BCUT2D eigenvalue weighted by Gasteiger charge is 2.17. The number of fused-ring (bicyclic) bond motifs is 2. The summed E-state index contributed by atoms with van der Waals surface area (Å²) in [6, 6.07) is 26.8. The second-order valence-corrected chi connectivity index (χ2v) is 6.99. The molecule has 0 aromatic heterocycles. The van der Waals surface area contributed by atoms with Gasteiger partial charge in [-0.3, -0.25) is 9.59 Å². The zero-order valence-corrected chi connectivity index (χ0v) is 14.4. The van der Waals surface area contributed by atoms with Crippen LogP contribution in [0.15, 0.2) is 84.9 Å². The zero-order chi connectivity index (χ0) is 17.2. The van der Waals surface area contributed by atoms with E-state index in [0.29, 0.717) is 11.1 Å². The van der Waals surface area contributed by atoms with Crippen molar-refractivity contribution >= 4 is 41.2 Å². The fraction of sp³-hybridized carbons (Fsp3) is 0.